The first-order valence-corrected chi connectivity index (χ1v) is 11.6. The zero-order chi connectivity index (χ0) is 21.8. The van der Waals surface area contributed by atoms with Gasteiger partial charge in [0.25, 0.3) is 0 Å². The number of benzene rings is 2. The maximum atomic E-state index is 13.2. The molecule has 0 unspecified atom stereocenters. The molecule has 2 aromatic carbocycles. The number of carbonyl (C=O) groups excluding carboxylic acids is 1. The normalized spacial score (nSPS) is 12.3. The van der Waals surface area contributed by atoms with Crippen LogP contribution in [0.5, 0.6) is 5.75 Å². The van der Waals surface area contributed by atoms with Crippen LogP contribution < -0.4 is 14.4 Å². The highest BCUT2D eigenvalue weighted by Crippen LogP contribution is 2.35. The molecule has 1 atom stereocenters. The Morgan fingerprint density at radius 3 is 2.48 bits per heavy atom. The molecule has 1 amide bonds. The van der Waals surface area contributed by atoms with Crippen LogP contribution in [-0.2, 0) is 21.2 Å². The lowest BCUT2D eigenvalue weighted by atomic mass is 10.0. The van der Waals surface area contributed by atoms with E-state index in [-0.39, 0.29) is 12.1 Å². The standard InChI is InChI=1S/C21H27ClN2O4S/c1-6-15-10-8-9-14(3)20(15)23-21(25)17(7-2)24(29(5,26)27)18-13-16(22)11-12-19(18)28-4/h8-13,17H,6-7H2,1-5H3,(H,23,25)/t17-/m0/s1. The van der Waals surface area contributed by atoms with E-state index in [9.17, 15) is 13.2 Å². The molecule has 0 saturated heterocycles. The van der Waals surface area contributed by atoms with Gasteiger partial charge in [-0.15, -0.1) is 0 Å². The second-order valence-electron chi connectivity index (χ2n) is 6.75. The van der Waals surface area contributed by atoms with Gasteiger partial charge in [-0.1, -0.05) is 43.6 Å². The molecule has 29 heavy (non-hydrogen) atoms. The van der Waals surface area contributed by atoms with Gasteiger partial charge in [-0.3, -0.25) is 9.10 Å². The molecule has 6 nitrogen and oxygen atoms in total. The molecule has 0 aliphatic rings. The maximum absolute atomic E-state index is 13.2. The van der Waals surface area contributed by atoms with Crippen molar-refractivity contribution in [3.63, 3.8) is 0 Å². The Hall–Kier alpha value is -2.25. The first-order valence-electron chi connectivity index (χ1n) is 9.36. The summed E-state index contributed by atoms with van der Waals surface area (Å²) in [7, 11) is -2.37. The second kappa shape index (κ2) is 9.50. The molecule has 0 aromatic heterocycles. The summed E-state index contributed by atoms with van der Waals surface area (Å²) in [6, 6.07) is 9.48. The maximum Gasteiger partial charge on any atom is 0.248 e. The highest BCUT2D eigenvalue weighted by molar-refractivity contribution is 7.92. The van der Waals surface area contributed by atoms with E-state index < -0.39 is 22.0 Å². The van der Waals surface area contributed by atoms with E-state index in [1.165, 1.54) is 13.2 Å². The SMILES string of the molecule is CCc1cccc(C)c1NC(=O)[C@H](CC)N(c1cc(Cl)ccc1OC)S(C)(=O)=O. The summed E-state index contributed by atoms with van der Waals surface area (Å²) in [5.74, 6) is -0.0971. The zero-order valence-electron chi connectivity index (χ0n) is 17.3. The lowest BCUT2D eigenvalue weighted by Gasteiger charge is -2.31. The van der Waals surface area contributed by atoms with E-state index in [4.69, 9.17) is 16.3 Å². The van der Waals surface area contributed by atoms with Crippen LogP contribution in [-0.4, -0.2) is 33.7 Å². The molecule has 0 aliphatic heterocycles. The third-order valence-corrected chi connectivity index (χ3v) is 6.10. The number of methoxy groups -OCH3 is 1. The van der Waals surface area contributed by atoms with Gasteiger partial charge in [-0.25, -0.2) is 8.42 Å². The first-order chi connectivity index (χ1) is 13.6. The van der Waals surface area contributed by atoms with Crippen LogP contribution in [0.15, 0.2) is 36.4 Å². The van der Waals surface area contributed by atoms with E-state index in [0.29, 0.717) is 16.5 Å². The minimum Gasteiger partial charge on any atom is -0.495 e. The number of hydrogen-bond acceptors (Lipinski definition) is 4. The molecule has 0 aliphatic carbocycles. The molecule has 0 bridgehead atoms. The minimum atomic E-state index is -3.81. The molecular weight excluding hydrogens is 412 g/mol. The third-order valence-electron chi connectivity index (χ3n) is 4.70. The van der Waals surface area contributed by atoms with Crippen LogP contribution in [0.2, 0.25) is 5.02 Å². The summed E-state index contributed by atoms with van der Waals surface area (Å²) in [5.41, 5.74) is 2.84. The number of nitrogens with one attached hydrogen (secondary N) is 1. The molecule has 8 heteroatoms. The number of aryl methyl sites for hydroxylation is 2. The van der Waals surface area contributed by atoms with Crippen LogP contribution in [0.1, 0.15) is 31.4 Å². The molecule has 2 rings (SSSR count). The lowest BCUT2D eigenvalue weighted by molar-refractivity contribution is -0.117. The molecule has 158 valence electrons. The Bertz CT molecular complexity index is 992. The van der Waals surface area contributed by atoms with Crippen LogP contribution in [0.25, 0.3) is 0 Å². The summed E-state index contributed by atoms with van der Waals surface area (Å²) in [5, 5.41) is 3.28. The molecule has 1 N–H and O–H groups in total. The number of hydrogen-bond donors (Lipinski definition) is 1. The van der Waals surface area contributed by atoms with Crippen molar-refractivity contribution in [2.75, 3.05) is 23.0 Å². The number of anilines is 2. The lowest BCUT2D eigenvalue weighted by Crippen LogP contribution is -2.47. The Kier molecular flexibility index (Phi) is 7.54. The van der Waals surface area contributed by atoms with Gasteiger partial charge in [0.15, 0.2) is 0 Å². The minimum absolute atomic E-state index is 0.227. The van der Waals surface area contributed by atoms with Crippen molar-refractivity contribution in [1.82, 2.24) is 0 Å². The fraction of sp³-hybridized carbons (Fsp3) is 0.381. The van der Waals surface area contributed by atoms with Gasteiger partial charge in [0, 0.05) is 10.7 Å². The fourth-order valence-corrected chi connectivity index (χ4v) is 4.65. The summed E-state index contributed by atoms with van der Waals surface area (Å²) in [6.07, 6.45) is 2.07. The topological polar surface area (TPSA) is 75.7 Å². The van der Waals surface area contributed by atoms with E-state index in [0.717, 1.165) is 28.1 Å². The predicted molar refractivity (Wildman–Crippen MR) is 119 cm³/mol. The van der Waals surface area contributed by atoms with E-state index >= 15 is 0 Å². The molecule has 0 spiro atoms. The Balaban J connectivity index is 2.53. The highest BCUT2D eigenvalue weighted by Gasteiger charge is 2.34. The Labute approximate surface area is 177 Å². The molecular formula is C21H27ClN2O4S. The average Bonchev–Trinajstić information content (AvgIpc) is 2.66. The van der Waals surface area contributed by atoms with Crippen molar-refractivity contribution in [3.8, 4) is 5.75 Å². The number of carbonyl (C=O) groups is 1. The number of sulfonamides is 1. The second-order valence-corrected chi connectivity index (χ2v) is 9.05. The number of ether oxygens (including phenoxy) is 1. The Morgan fingerprint density at radius 1 is 1.24 bits per heavy atom. The van der Waals surface area contributed by atoms with Crippen molar-refractivity contribution in [3.05, 3.63) is 52.5 Å². The number of amides is 1. The predicted octanol–water partition coefficient (Wildman–Crippen LogP) is 4.40. The number of nitrogens with zero attached hydrogens (tertiary/aromatic N) is 1. The number of para-hydroxylation sites is 1. The fourth-order valence-electron chi connectivity index (χ4n) is 3.28. The molecule has 0 heterocycles. The van der Waals surface area contributed by atoms with Gasteiger partial charge in [0.2, 0.25) is 15.9 Å². The van der Waals surface area contributed by atoms with Crippen molar-refractivity contribution in [2.24, 2.45) is 0 Å². The third kappa shape index (κ3) is 5.22. The van der Waals surface area contributed by atoms with Gasteiger partial charge >= 0.3 is 0 Å². The molecule has 0 saturated carbocycles. The highest BCUT2D eigenvalue weighted by atomic mass is 35.5. The van der Waals surface area contributed by atoms with E-state index in [2.05, 4.69) is 5.32 Å². The monoisotopic (exact) mass is 438 g/mol. The number of rotatable bonds is 8. The quantitative estimate of drug-likeness (QED) is 0.662. The Morgan fingerprint density at radius 2 is 1.93 bits per heavy atom. The van der Waals surface area contributed by atoms with Crippen molar-refractivity contribution >= 4 is 38.9 Å². The molecule has 0 fully saturated rings. The summed E-state index contributed by atoms with van der Waals surface area (Å²) in [6.45, 7) is 5.67. The first kappa shape index (κ1) is 23.0. The largest absolute Gasteiger partial charge is 0.495 e. The van der Waals surface area contributed by atoms with E-state index in [1.807, 2.05) is 32.0 Å². The van der Waals surface area contributed by atoms with Crippen molar-refractivity contribution in [2.45, 2.75) is 39.7 Å². The molecule has 2 aromatic rings. The molecule has 0 radical (unpaired) electrons. The van der Waals surface area contributed by atoms with Crippen LogP contribution >= 0.6 is 11.6 Å². The van der Waals surface area contributed by atoms with Crippen molar-refractivity contribution < 1.29 is 17.9 Å². The average molecular weight is 439 g/mol. The van der Waals surface area contributed by atoms with Crippen LogP contribution in [0.4, 0.5) is 11.4 Å². The van der Waals surface area contributed by atoms with Gasteiger partial charge in [-0.05, 0) is 49.1 Å². The van der Waals surface area contributed by atoms with Gasteiger partial charge in [-0.2, -0.15) is 0 Å². The smallest absolute Gasteiger partial charge is 0.248 e. The van der Waals surface area contributed by atoms with Crippen LogP contribution in [0, 0.1) is 6.92 Å². The summed E-state index contributed by atoms with van der Waals surface area (Å²) in [4.78, 5) is 13.2. The zero-order valence-corrected chi connectivity index (χ0v) is 18.9. The van der Waals surface area contributed by atoms with Gasteiger partial charge < -0.3 is 10.1 Å². The summed E-state index contributed by atoms with van der Waals surface area (Å²) < 4.78 is 31.8. The number of halogens is 1. The van der Waals surface area contributed by atoms with E-state index in [1.54, 1.807) is 19.1 Å². The van der Waals surface area contributed by atoms with Gasteiger partial charge in [0.1, 0.15) is 11.8 Å². The van der Waals surface area contributed by atoms with Crippen molar-refractivity contribution in [1.29, 1.82) is 0 Å². The van der Waals surface area contributed by atoms with Gasteiger partial charge in [0.05, 0.1) is 19.1 Å². The summed E-state index contributed by atoms with van der Waals surface area (Å²) >= 11 is 6.11. The van der Waals surface area contributed by atoms with Crippen LogP contribution in [0.3, 0.4) is 0 Å².